The molecule has 1 N–H and O–H groups in total. The van der Waals surface area contributed by atoms with Crippen molar-refractivity contribution in [3.8, 4) is 11.5 Å². The van der Waals surface area contributed by atoms with E-state index in [1.165, 1.54) is 0 Å². The lowest BCUT2D eigenvalue weighted by Crippen LogP contribution is -2.49. The van der Waals surface area contributed by atoms with Gasteiger partial charge in [0, 0.05) is 44.7 Å². The second kappa shape index (κ2) is 7.38. The van der Waals surface area contributed by atoms with Crippen molar-refractivity contribution in [2.45, 2.75) is 6.42 Å². The van der Waals surface area contributed by atoms with Crippen molar-refractivity contribution in [2.75, 3.05) is 52.5 Å². The molecule has 0 aromatic heterocycles. The van der Waals surface area contributed by atoms with Crippen molar-refractivity contribution < 1.29 is 19.4 Å². The summed E-state index contributed by atoms with van der Waals surface area (Å²) in [6.07, 6.45) is 0.793. The van der Waals surface area contributed by atoms with Gasteiger partial charge >= 0.3 is 0 Å². The van der Waals surface area contributed by atoms with Crippen LogP contribution in [0.2, 0.25) is 5.02 Å². The highest BCUT2D eigenvalue weighted by atomic mass is 35.5. The number of piperazine rings is 1. The van der Waals surface area contributed by atoms with Gasteiger partial charge in [0.1, 0.15) is 0 Å². The zero-order valence-electron chi connectivity index (χ0n) is 13.0. The predicted octanol–water partition coefficient (Wildman–Crippen LogP) is 1.25. The fourth-order valence-electron chi connectivity index (χ4n) is 2.85. The van der Waals surface area contributed by atoms with E-state index in [0.29, 0.717) is 54.9 Å². The number of hydrogen-bond donors (Lipinski definition) is 1. The lowest BCUT2D eigenvalue weighted by molar-refractivity contribution is 0.0614. The van der Waals surface area contributed by atoms with Gasteiger partial charge in [0.25, 0.3) is 5.91 Å². The molecule has 2 heterocycles. The van der Waals surface area contributed by atoms with Crippen LogP contribution >= 0.6 is 11.6 Å². The first-order chi connectivity index (χ1) is 11.2. The van der Waals surface area contributed by atoms with Gasteiger partial charge in [-0.2, -0.15) is 0 Å². The van der Waals surface area contributed by atoms with Crippen LogP contribution in [-0.4, -0.2) is 73.4 Å². The summed E-state index contributed by atoms with van der Waals surface area (Å²) in [5, 5.41) is 9.38. The summed E-state index contributed by atoms with van der Waals surface area (Å²) < 4.78 is 11.2. The zero-order chi connectivity index (χ0) is 16.2. The smallest absolute Gasteiger partial charge is 0.254 e. The molecule has 23 heavy (non-hydrogen) atoms. The Hall–Kier alpha value is -1.50. The second-order valence-electron chi connectivity index (χ2n) is 5.69. The van der Waals surface area contributed by atoms with Crippen LogP contribution in [-0.2, 0) is 0 Å². The van der Waals surface area contributed by atoms with Gasteiger partial charge in [0.2, 0.25) is 0 Å². The molecule has 1 fully saturated rings. The molecular weight excluding hydrogens is 320 g/mol. The van der Waals surface area contributed by atoms with E-state index in [-0.39, 0.29) is 12.5 Å². The number of aliphatic hydroxyl groups is 1. The van der Waals surface area contributed by atoms with E-state index < -0.39 is 0 Å². The molecule has 0 radical (unpaired) electrons. The number of rotatable bonds is 3. The average molecular weight is 341 g/mol. The Labute approximate surface area is 140 Å². The number of amides is 1. The van der Waals surface area contributed by atoms with E-state index in [1.807, 2.05) is 4.90 Å². The third-order valence-electron chi connectivity index (χ3n) is 4.12. The van der Waals surface area contributed by atoms with Crippen molar-refractivity contribution >= 4 is 17.5 Å². The molecule has 0 aliphatic carbocycles. The number of carbonyl (C=O) groups excluding carboxylic acids is 1. The van der Waals surface area contributed by atoms with Crippen LogP contribution in [0.4, 0.5) is 0 Å². The van der Waals surface area contributed by atoms with Crippen LogP contribution in [0, 0.1) is 0 Å². The van der Waals surface area contributed by atoms with E-state index in [2.05, 4.69) is 4.90 Å². The highest BCUT2D eigenvalue weighted by Crippen LogP contribution is 2.38. The maximum Gasteiger partial charge on any atom is 0.254 e. The summed E-state index contributed by atoms with van der Waals surface area (Å²) in [7, 11) is 0. The maximum absolute atomic E-state index is 12.7. The van der Waals surface area contributed by atoms with E-state index in [1.54, 1.807) is 12.1 Å². The Morgan fingerprint density at radius 3 is 2.65 bits per heavy atom. The first-order valence-corrected chi connectivity index (χ1v) is 8.28. The third kappa shape index (κ3) is 3.71. The normalized spacial score (nSPS) is 18.6. The summed E-state index contributed by atoms with van der Waals surface area (Å²) in [6.45, 7) is 4.74. The van der Waals surface area contributed by atoms with Crippen LogP contribution in [0.25, 0.3) is 0 Å². The molecule has 7 heteroatoms. The number of β-amino-alcohol motifs (C(OH)–C–C–N with tert-alkyl or cyclic N) is 1. The summed E-state index contributed by atoms with van der Waals surface area (Å²) in [6, 6.07) is 3.37. The standard InChI is InChI=1S/C16H21ClN2O4/c17-13-10-12(11-14-15(13)23-9-1-8-22-14)16(21)19-4-2-18(3-5-19)6-7-20/h10-11,20H,1-9H2. The monoisotopic (exact) mass is 340 g/mol. The van der Waals surface area contributed by atoms with E-state index in [4.69, 9.17) is 26.2 Å². The van der Waals surface area contributed by atoms with Crippen LogP contribution < -0.4 is 9.47 Å². The minimum Gasteiger partial charge on any atom is -0.489 e. The molecule has 6 nitrogen and oxygen atoms in total. The quantitative estimate of drug-likeness (QED) is 0.897. The highest BCUT2D eigenvalue weighted by molar-refractivity contribution is 6.32. The fourth-order valence-corrected chi connectivity index (χ4v) is 3.12. The van der Waals surface area contributed by atoms with Gasteiger partial charge in [-0.1, -0.05) is 11.6 Å². The van der Waals surface area contributed by atoms with E-state index in [0.717, 1.165) is 19.5 Å². The van der Waals surface area contributed by atoms with Gasteiger partial charge in [-0.3, -0.25) is 9.69 Å². The van der Waals surface area contributed by atoms with Crippen LogP contribution in [0.5, 0.6) is 11.5 Å². The SMILES string of the molecule is O=C(c1cc(Cl)c2c(c1)OCCCO2)N1CCN(CCO)CC1. The molecule has 2 aliphatic rings. The number of ether oxygens (including phenoxy) is 2. The number of benzene rings is 1. The van der Waals surface area contributed by atoms with Crippen LogP contribution in [0.1, 0.15) is 16.8 Å². The Balaban J connectivity index is 1.73. The Bertz CT molecular complexity index is 573. The van der Waals surface area contributed by atoms with Gasteiger partial charge in [0.15, 0.2) is 11.5 Å². The topological polar surface area (TPSA) is 62.2 Å². The highest BCUT2D eigenvalue weighted by Gasteiger charge is 2.24. The molecule has 0 atom stereocenters. The first kappa shape index (κ1) is 16.4. The van der Waals surface area contributed by atoms with Gasteiger partial charge < -0.3 is 19.5 Å². The summed E-state index contributed by atoms with van der Waals surface area (Å²) in [4.78, 5) is 16.6. The summed E-state index contributed by atoms with van der Waals surface area (Å²) in [5.41, 5.74) is 0.523. The minimum atomic E-state index is -0.0498. The molecule has 0 bridgehead atoms. The number of carbonyl (C=O) groups is 1. The minimum absolute atomic E-state index is 0.0498. The molecule has 1 amide bonds. The molecule has 0 unspecified atom stereocenters. The zero-order valence-corrected chi connectivity index (χ0v) is 13.7. The van der Waals surface area contributed by atoms with Crippen molar-refractivity contribution in [3.05, 3.63) is 22.7 Å². The molecule has 1 aromatic carbocycles. The predicted molar refractivity (Wildman–Crippen MR) is 86.5 cm³/mol. The van der Waals surface area contributed by atoms with Crippen LogP contribution in [0.3, 0.4) is 0 Å². The average Bonchev–Trinajstić information content (AvgIpc) is 2.81. The Morgan fingerprint density at radius 1 is 1.17 bits per heavy atom. The molecular formula is C16H21ClN2O4. The van der Waals surface area contributed by atoms with E-state index in [9.17, 15) is 4.79 Å². The second-order valence-corrected chi connectivity index (χ2v) is 6.10. The van der Waals surface area contributed by atoms with Crippen molar-refractivity contribution in [2.24, 2.45) is 0 Å². The number of nitrogens with zero attached hydrogens (tertiary/aromatic N) is 2. The van der Waals surface area contributed by atoms with Crippen molar-refractivity contribution in [3.63, 3.8) is 0 Å². The largest absolute Gasteiger partial charge is 0.489 e. The molecule has 3 rings (SSSR count). The molecule has 126 valence electrons. The lowest BCUT2D eigenvalue weighted by Gasteiger charge is -2.34. The van der Waals surface area contributed by atoms with Gasteiger partial charge in [-0.25, -0.2) is 0 Å². The number of halogens is 1. The van der Waals surface area contributed by atoms with Crippen LogP contribution in [0.15, 0.2) is 12.1 Å². The van der Waals surface area contributed by atoms with E-state index >= 15 is 0 Å². The number of fused-ring (bicyclic) bond motifs is 1. The molecule has 0 saturated carbocycles. The Kier molecular flexibility index (Phi) is 5.25. The Morgan fingerprint density at radius 2 is 1.91 bits per heavy atom. The maximum atomic E-state index is 12.7. The van der Waals surface area contributed by atoms with Crippen molar-refractivity contribution in [1.29, 1.82) is 0 Å². The van der Waals surface area contributed by atoms with Gasteiger partial charge in [-0.05, 0) is 12.1 Å². The first-order valence-electron chi connectivity index (χ1n) is 7.90. The molecule has 0 spiro atoms. The third-order valence-corrected chi connectivity index (χ3v) is 4.41. The van der Waals surface area contributed by atoms with Gasteiger partial charge in [-0.15, -0.1) is 0 Å². The summed E-state index contributed by atoms with van der Waals surface area (Å²) in [5.74, 6) is 1.01. The molecule has 1 aromatic rings. The molecule has 1 saturated heterocycles. The lowest BCUT2D eigenvalue weighted by atomic mass is 10.1. The summed E-state index contributed by atoms with van der Waals surface area (Å²) >= 11 is 6.26. The number of hydrogen-bond acceptors (Lipinski definition) is 5. The molecule has 2 aliphatic heterocycles. The number of aliphatic hydroxyl groups excluding tert-OH is 1. The fraction of sp³-hybridized carbons (Fsp3) is 0.562. The van der Waals surface area contributed by atoms with Crippen molar-refractivity contribution in [1.82, 2.24) is 9.80 Å². The van der Waals surface area contributed by atoms with Gasteiger partial charge in [0.05, 0.1) is 24.8 Å².